The fraction of sp³-hybridized carbons (Fsp3) is 0.571. The molecule has 0 radical (unpaired) electrons. The van der Waals surface area contributed by atoms with Gasteiger partial charge in [-0.15, -0.1) is 12.4 Å². The highest BCUT2D eigenvalue weighted by Gasteiger charge is 2.25. The highest BCUT2D eigenvalue weighted by Crippen LogP contribution is 2.16. The first kappa shape index (κ1) is 16.4. The number of nitrogens with two attached hydrogens (primary N) is 1. The predicted octanol–water partition coefficient (Wildman–Crippen LogP) is 2.88. The monoisotopic (exact) mass is 256 g/mol. The van der Waals surface area contributed by atoms with Gasteiger partial charge in [-0.2, -0.15) is 0 Å². The van der Waals surface area contributed by atoms with Crippen molar-refractivity contribution >= 4 is 12.4 Å². The van der Waals surface area contributed by atoms with E-state index in [9.17, 15) is 0 Å². The van der Waals surface area contributed by atoms with Crippen molar-refractivity contribution in [3.8, 4) is 0 Å². The summed E-state index contributed by atoms with van der Waals surface area (Å²) in [6.45, 7) is 10.3. The minimum Gasteiger partial charge on any atom is -0.329 e. The van der Waals surface area contributed by atoms with Crippen LogP contribution >= 0.6 is 12.4 Å². The lowest BCUT2D eigenvalue weighted by molar-refractivity contribution is 0.267. The molecule has 3 N–H and O–H groups in total. The quantitative estimate of drug-likeness (QED) is 0.850. The summed E-state index contributed by atoms with van der Waals surface area (Å²) in [5.74, 6) is 0.529. The van der Waals surface area contributed by atoms with Gasteiger partial charge in [-0.25, -0.2) is 0 Å². The van der Waals surface area contributed by atoms with E-state index >= 15 is 0 Å². The number of hydrogen-bond acceptors (Lipinski definition) is 2. The first-order valence-electron chi connectivity index (χ1n) is 5.99. The van der Waals surface area contributed by atoms with Gasteiger partial charge in [-0.1, -0.05) is 38.1 Å². The molecule has 1 rings (SSSR count). The maximum Gasteiger partial charge on any atom is 0.0301 e. The molecule has 0 aromatic heterocycles. The van der Waals surface area contributed by atoms with Gasteiger partial charge in [0.25, 0.3) is 0 Å². The molecule has 0 spiro atoms. The molecule has 0 heterocycles. The van der Waals surface area contributed by atoms with Crippen LogP contribution in [0.1, 0.15) is 31.9 Å². The van der Waals surface area contributed by atoms with Crippen LogP contribution in [0.5, 0.6) is 0 Å². The molecule has 17 heavy (non-hydrogen) atoms. The van der Waals surface area contributed by atoms with Crippen LogP contribution < -0.4 is 11.1 Å². The fourth-order valence-electron chi connectivity index (χ4n) is 1.62. The summed E-state index contributed by atoms with van der Waals surface area (Å²) in [5.41, 5.74) is 8.55. The second kappa shape index (κ2) is 7.00. The van der Waals surface area contributed by atoms with Gasteiger partial charge >= 0.3 is 0 Å². The van der Waals surface area contributed by atoms with Crippen LogP contribution in [0.3, 0.4) is 0 Å². The first-order valence-corrected chi connectivity index (χ1v) is 5.99. The minimum atomic E-state index is 0. The lowest BCUT2D eigenvalue weighted by Gasteiger charge is -2.34. The minimum absolute atomic E-state index is 0. The van der Waals surface area contributed by atoms with Gasteiger partial charge in [0, 0.05) is 18.6 Å². The Labute approximate surface area is 111 Å². The van der Waals surface area contributed by atoms with E-state index < -0.39 is 0 Å². The van der Waals surface area contributed by atoms with Crippen LogP contribution in [0.2, 0.25) is 0 Å². The van der Waals surface area contributed by atoms with Crippen LogP contribution in [0.25, 0.3) is 0 Å². The molecular weight excluding hydrogens is 232 g/mol. The highest BCUT2D eigenvalue weighted by atomic mass is 35.5. The van der Waals surface area contributed by atoms with Crippen molar-refractivity contribution in [1.29, 1.82) is 0 Å². The molecule has 0 aliphatic carbocycles. The first-order chi connectivity index (χ1) is 7.49. The maximum atomic E-state index is 5.85. The third-order valence-corrected chi connectivity index (χ3v) is 3.64. The second-order valence-electron chi connectivity index (χ2n) is 5.06. The number of benzene rings is 1. The normalized spacial score (nSPS) is 14.2. The molecule has 1 atom stereocenters. The summed E-state index contributed by atoms with van der Waals surface area (Å²) in [6, 6.07) is 8.47. The molecular formula is C14H25ClN2. The van der Waals surface area contributed by atoms with E-state index in [1.807, 2.05) is 0 Å². The average Bonchev–Trinajstić information content (AvgIpc) is 2.27. The van der Waals surface area contributed by atoms with Crippen molar-refractivity contribution in [1.82, 2.24) is 5.32 Å². The molecule has 0 saturated carbocycles. The Balaban J connectivity index is 0.00000256. The smallest absolute Gasteiger partial charge is 0.0301 e. The van der Waals surface area contributed by atoms with E-state index in [0.29, 0.717) is 12.5 Å². The third-order valence-electron chi connectivity index (χ3n) is 3.64. The van der Waals surface area contributed by atoms with E-state index in [1.165, 1.54) is 11.1 Å². The van der Waals surface area contributed by atoms with Crippen LogP contribution in [-0.2, 0) is 6.54 Å². The number of nitrogens with one attached hydrogen (secondary N) is 1. The summed E-state index contributed by atoms with van der Waals surface area (Å²) in [7, 11) is 0. The zero-order valence-electron chi connectivity index (χ0n) is 11.3. The SMILES string of the molecule is Cc1ccccc1CNC(C)(CN)C(C)C.Cl. The van der Waals surface area contributed by atoms with Crippen molar-refractivity contribution in [2.45, 2.75) is 39.8 Å². The van der Waals surface area contributed by atoms with Crippen molar-refractivity contribution in [2.24, 2.45) is 11.7 Å². The topological polar surface area (TPSA) is 38.0 Å². The maximum absolute atomic E-state index is 5.85. The second-order valence-corrected chi connectivity index (χ2v) is 5.06. The van der Waals surface area contributed by atoms with Crippen molar-refractivity contribution < 1.29 is 0 Å². The summed E-state index contributed by atoms with van der Waals surface area (Å²) in [6.07, 6.45) is 0. The van der Waals surface area contributed by atoms with Crippen molar-refractivity contribution in [2.75, 3.05) is 6.54 Å². The molecule has 0 fully saturated rings. The molecule has 98 valence electrons. The Morgan fingerprint density at radius 3 is 2.35 bits per heavy atom. The number of hydrogen-bond donors (Lipinski definition) is 2. The molecule has 1 aromatic rings. The molecule has 0 aliphatic rings. The summed E-state index contributed by atoms with van der Waals surface area (Å²) in [4.78, 5) is 0. The van der Waals surface area contributed by atoms with E-state index in [0.717, 1.165) is 6.54 Å². The van der Waals surface area contributed by atoms with Crippen LogP contribution in [-0.4, -0.2) is 12.1 Å². The Kier molecular flexibility index (Phi) is 6.76. The number of halogens is 1. The Morgan fingerprint density at radius 1 is 1.29 bits per heavy atom. The molecule has 1 aromatic carbocycles. The Bertz CT molecular complexity index is 339. The van der Waals surface area contributed by atoms with Gasteiger partial charge in [0.2, 0.25) is 0 Å². The zero-order valence-corrected chi connectivity index (χ0v) is 12.1. The van der Waals surface area contributed by atoms with Gasteiger partial charge in [0.05, 0.1) is 0 Å². The largest absolute Gasteiger partial charge is 0.329 e. The summed E-state index contributed by atoms with van der Waals surface area (Å²) in [5, 5.41) is 3.58. The van der Waals surface area contributed by atoms with E-state index in [-0.39, 0.29) is 17.9 Å². The molecule has 0 saturated heterocycles. The fourth-order valence-corrected chi connectivity index (χ4v) is 1.62. The molecule has 3 heteroatoms. The van der Waals surface area contributed by atoms with E-state index in [2.05, 4.69) is 57.3 Å². The van der Waals surface area contributed by atoms with Gasteiger partial charge < -0.3 is 11.1 Å². The zero-order chi connectivity index (χ0) is 12.2. The van der Waals surface area contributed by atoms with E-state index in [1.54, 1.807) is 0 Å². The summed E-state index contributed by atoms with van der Waals surface area (Å²) < 4.78 is 0. The highest BCUT2D eigenvalue weighted by molar-refractivity contribution is 5.85. The molecule has 0 aliphatic heterocycles. The molecule has 2 nitrogen and oxygen atoms in total. The van der Waals surface area contributed by atoms with Gasteiger partial charge in [0.1, 0.15) is 0 Å². The number of rotatable bonds is 5. The summed E-state index contributed by atoms with van der Waals surface area (Å²) >= 11 is 0. The lowest BCUT2D eigenvalue weighted by atomic mass is 9.88. The Morgan fingerprint density at radius 2 is 1.88 bits per heavy atom. The predicted molar refractivity (Wildman–Crippen MR) is 77.6 cm³/mol. The van der Waals surface area contributed by atoms with Crippen LogP contribution in [0.4, 0.5) is 0 Å². The Hall–Kier alpha value is -0.570. The third kappa shape index (κ3) is 4.30. The average molecular weight is 257 g/mol. The van der Waals surface area contributed by atoms with Gasteiger partial charge in [-0.3, -0.25) is 0 Å². The standard InChI is InChI=1S/C14H24N2.ClH/c1-11(2)14(4,10-15)16-9-13-8-6-5-7-12(13)3;/h5-8,11,16H,9-10,15H2,1-4H3;1H. The molecule has 0 amide bonds. The van der Waals surface area contributed by atoms with Gasteiger partial charge in [0.15, 0.2) is 0 Å². The molecule has 0 bridgehead atoms. The van der Waals surface area contributed by atoms with Crippen LogP contribution in [0, 0.1) is 12.8 Å². The van der Waals surface area contributed by atoms with Crippen molar-refractivity contribution in [3.05, 3.63) is 35.4 Å². The van der Waals surface area contributed by atoms with Crippen LogP contribution in [0.15, 0.2) is 24.3 Å². The van der Waals surface area contributed by atoms with Crippen molar-refractivity contribution in [3.63, 3.8) is 0 Å². The van der Waals surface area contributed by atoms with Gasteiger partial charge in [-0.05, 0) is 30.9 Å². The molecule has 1 unspecified atom stereocenters. The van der Waals surface area contributed by atoms with E-state index in [4.69, 9.17) is 5.73 Å². The lowest BCUT2D eigenvalue weighted by Crippen LogP contribution is -2.52. The number of aryl methyl sites for hydroxylation is 1.